The maximum atomic E-state index is 3.36. The summed E-state index contributed by atoms with van der Waals surface area (Å²) in [6, 6.07) is 16.6. The van der Waals surface area contributed by atoms with Crippen LogP contribution in [0.25, 0.3) is 0 Å². The van der Waals surface area contributed by atoms with Crippen molar-refractivity contribution in [1.29, 1.82) is 0 Å². The highest BCUT2D eigenvalue weighted by Crippen LogP contribution is 2.22. The predicted molar refractivity (Wildman–Crippen MR) is 86.1 cm³/mol. The van der Waals surface area contributed by atoms with Gasteiger partial charge in [0.15, 0.2) is 0 Å². The summed E-state index contributed by atoms with van der Waals surface area (Å²) in [6.45, 7) is 2.09. The summed E-state index contributed by atoms with van der Waals surface area (Å²) in [5, 5.41) is 3.36. The molecular weight excluding hydrogens is 343 g/mol. The maximum absolute atomic E-state index is 3.36. The number of anilines is 3. The van der Waals surface area contributed by atoms with Crippen molar-refractivity contribution in [3.8, 4) is 0 Å². The van der Waals surface area contributed by atoms with E-state index in [0.29, 0.717) is 0 Å². The van der Waals surface area contributed by atoms with Crippen molar-refractivity contribution in [2.75, 3.05) is 10.0 Å². The second kappa shape index (κ2) is 6.16. The third kappa shape index (κ3) is 3.81. The second-order valence-electron chi connectivity index (χ2n) is 3.75. The monoisotopic (exact) mass is 356 g/mol. The first-order chi connectivity index (χ1) is 8.28. The number of benzene rings is 2. The van der Waals surface area contributed by atoms with Crippen LogP contribution >= 0.6 is 30.3 Å². The Bertz CT molecular complexity index is 468. The highest BCUT2D eigenvalue weighted by atomic mass is 127. The minimum absolute atomic E-state index is 1.10. The zero-order chi connectivity index (χ0) is 12.1. The smallest absolute Gasteiger partial charge is 0.0448 e. The lowest BCUT2D eigenvalue weighted by atomic mass is 10.2. The SMILES string of the molecule is Cc1ccc(Nc2ccc(NSI)cc2)cc1. The van der Waals surface area contributed by atoms with Gasteiger partial charge in [-0.15, -0.1) is 0 Å². The lowest BCUT2D eigenvalue weighted by Gasteiger charge is -2.07. The summed E-state index contributed by atoms with van der Waals surface area (Å²) in [7, 11) is 1.57. The molecule has 88 valence electrons. The second-order valence-corrected chi connectivity index (χ2v) is 5.43. The van der Waals surface area contributed by atoms with Crippen LogP contribution in [0.5, 0.6) is 0 Å². The van der Waals surface area contributed by atoms with E-state index < -0.39 is 0 Å². The number of rotatable bonds is 4. The van der Waals surface area contributed by atoms with Crippen molar-refractivity contribution in [1.82, 2.24) is 0 Å². The quantitative estimate of drug-likeness (QED) is 0.585. The Hall–Kier alpha value is -0.880. The first-order valence-corrected chi connectivity index (χ1v) is 8.61. The molecule has 0 radical (unpaired) electrons. The fraction of sp³-hybridized carbons (Fsp3) is 0.0769. The normalized spacial score (nSPS) is 10.0. The van der Waals surface area contributed by atoms with Crippen LogP contribution in [0.2, 0.25) is 0 Å². The summed E-state index contributed by atoms with van der Waals surface area (Å²) in [5.74, 6) is 0. The van der Waals surface area contributed by atoms with Gasteiger partial charge < -0.3 is 10.0 Å². The molecule has 0 aromatic heterocycles. The van der Waals surface area contributed by atoms with E-state index in [9.17, 15) is 0 Å². The number of aryl methyl sites for hydroxylation is 1. The molecule has 0 saturated carbocycles. The molecule has 17 heavy (non-hydrogen) atoms. The van der Waals surface area contributed by atoms with E-state index >= 15 is 0 Å². The van der Waals surface area contributed by atoms with Gasteiger partial charge in [0.25, 0.3) is 0 Å². The van der Waals surface area contributed by atoms with Crippen LogP contribution in [0.3, 0.4) is 0 Å². The van der Waals surface area contributed by atoms with E-state index in [1.54, 1.807) is 9.12 Å². The molecule has 0 aliphatic carbocycles. The molecule has 2 rings (SSSR count). The molecule has 0 spiro atoms. The molecule has 0 saturated heterocycles. The van der Waals surface area contributed by atoms with E-state index in [1.807, 2.05) is 0 Å². The fourth-order valence-corrected chi connectivity index (χ4v) is 2.46. The van der Waals surface area contributed by atoms with Crippen molar-refractivity contribution in [3.05, 3.63) is 54.1 Å². The molecule has 0 aliphatic heterocycles. The Morgan fingerprint density at radius 2 is 1.29 bits per heavy atom. The molecule has 0 heterocycles. The topological polar surface area (TPSA) is 24.1 Å². The minimum Gasteiger partial charge on any atom is -0.356 e. The average molecular weight is 356 g/mol. The first-order valence-electron chi connectivity index (χ1n) is 5.25. The van der Waals surface area contributed by atoms with Crippen LogP contribution < -0.4 is 10.0 Å². The zero-order valence-corrected chi connectivity index (χ0v) is 12.4. The van der Waals surface area contributed by atoms with Crippen molar-refractivity contribution in [2.24, 2.45) is 0 Å². The molecule has 0 aliphatic rings. The molecule has 0 fully saturated rings. The van der Waals surface area contributed by atoms with Gasteiger partial charge in [0.05, 0.1) is 0 Å². The van der Waals surface area contributed by atoms with Crippen molar-refractivity contribution < 1.29 is 0 Å². The van der Waals surface area contributed by atoms with Crippen LogP contribution in [-0.2, 0) is 0 Å². The Balaban J connectivity index is 2.05. The van der Waals surface area contributed by atoms with E-state index in [0.717, 1.165) is 17.1 Å². The number of hydrogen-bond acceptors (Lipinski definition) is 3. The molecule has 0 amide bonds. The van der Waals surface area contributed by atoms with Gasteiger partial charge in [0, 0.05) is 47.4 Å². The van der Waals surface area contributed by atoms with Gasteiger partial charge >= 0.3 is 0 Å². The van der Waals surface area contributed by atoms with E-state index in [4.69, 9.17) is 0 Å². The van der Waals surface area contributed by atoms with Gasteiger partial charge in [-0.05, 0) is 43.3 Å². The predicted octanol–water partition coefficient (Wildman–Crippen LogP) is 5.15. The highest BCUT2D eigenvalue weighted by molar-refractivity contribution is 14.2. The number of nitrogens with one attached hydrogen (secondary N) is 2. The lowest BCUT2D eigenvalue weighted by molar-refractivity contribution is 1.45. The molecule has 4 heteroatoms. The van der Waals surface area contributed by atoms with E-state index in [-0.39, 0.29) is 0 Å². The molecule has 2 N–H and O–H groups in total. The third-order valence-corrected chi connectivity index (χ3v) is 3.36. The largest absolute Gasteiger partial charge is 0.356 e. The van der Waals surface area contributed by atoms with Gasteiger partial charge in [-0.25, -0.2) is 0 Å². The third-order valence-electron chi connectivity index (χ3n) is 2.38. The van der Waals surface area contributed by atoms with Gasteiger partial charge in [0.1, 0.15) is 0 Å². The van der Waals surface area contributed by atoms with Gasteiger partial charge in [-0.3, -0.25) is 0 Å². The average Bonchev–Trinajstić information content (AvgIpc) is 2.35. The molecule has 0 atom stereocenters. The number of hydrogen-bond donors (Lipinski definition) is 2. The zero-order valence-electron chi connectivity index (χ0n) is 9.41. The number of halogens is 1. The van der Waals surface area contributed by atoms with E-state index in [1.165, 1.54) is 5.56 Å². The van der Waals surface area contributed by atoms with Crippen LogP contribution in [0.4, 0.5) is 17.1 Å². The van der Waals surface area contributed by atoms with Crippen molar-refractivity contribution in [2.45, 2.75) is 6.92 Å². The summed E-state index contributed by atoms with van der Waals surface area (Å²) in [6.07, 6.45) is 0. The maximum Gasteiger partial charge on any atom is 0.0448 e. The molecule has 2 nitrogen and oxygen atoms in total. The van der Waals surface area contributed by atoms with Crippen molar-refractivity contribution in [3.63, 3.8) is 0 Å². The molecule has 2 aromatic carbocycles. The summed E-state index contributed by atoms with van der Waals surface area (Å²) in [5.41, 5.74) is 4.59. The van der Waals surface area contributed by atoms with Gasteiger partial charge in [-0.2, -0.15) is 0 Å². The van der Waals surface area contributed by atoms with Crippen LogP contribution in [0.1, 0.15) is 5.56 Å². The first kappa shape index (κ1) is 12.6. The lowest BCUT2D eigenvalue weighted by Crippen LogP contribution is -1.90. The highest BCUT2D eigenvalue weighted by Gasteiger charge is 1.95. The minimum atomic E-state index is 1.10. The van der Waals surface area contributed by atoms with Gasteiger partial charge in [-0.1, -0.05) is 17.7 Å². The molecular formula is C13H13IN2S. The van der Waals surface area contributed by atoms with Gasteiger partial charge in [0.2, 0.25) is 0 Å². The Morgan fingerprint density at radius 1 is 0.824 bits per heavy atom. The standard InChI is InChI=1S/C13H13IN2S/c1-10-2-4-11(5-3-10)15-12-6-8-13(9-7-12)16-17-14/h2-9,15-16H,1H3. The Kier molecular flexibility index (Phi) is 4.56. The molecule has 0 bridgehead atoms. The summed E-state index contributed by atoms with van der Waals surface area (Å²) in [4.78, 5) is 0. The Morgan fingerprint density at radius 3 is 1.82 bits per heavy atom. The van der Waals surface area contributed by atoms with Crippen LogP contribution in [-0.4, -0.2) is 0 Å². The summed E-state index contributed by atoms with van der Waals surface area (Å²) < 4.78 is 3.18. The fourth-order valence-electron chi connectivity index (χ4n) is 1.47. The van der Waals surface area contributed by atoms with Crippen LogP contribution in [0.15, 0.2) is 48.5 Å². The van der Waals surface area contributed by atoms with E-state index in [2.05, 4.69) is 86.7 Å². The molecule has 2 aromatic rings. The van der Waals surface area contributed by atoms with Crippen LogP contribution in [0, 0.1) is 6.92 Å². The molecule has 0 unspecified atom stereocenters. The van der Waals surface area contributed by atoms with Crippen molar-refractivity contribution >= 4 is 47.4 Å². The summed E-state index contributed by atoms with van der Waals surface area (Å²) >= 11 is 2.21. The Labute approximate surface area is 118 Å².